The zero-order valence-corrected chi connectivity index (χ0v) is 11.0. The highest BCUT2D eigenvalue weighted by atomic mass is 16.5. The Morgan fingerprint density at radius 2 is 2.12 bits per heavy atom. The molecule has 0 heterocycles. The summed E-state index contributed by atoms with van der Waals surface area (Å²) < 4.78 is 5.08. The van der Waals surface area contributed by atoms with Crippen LogP contribution in [0.25, 0.3) is 0 Å². The van der Waals surface area contributed by atoms with Crippen LogP contribution in [-0.2, 0) is 4.74 Å². The van der Waals surface area contributed by atoms with Crippen molar-refractivity contribution in [2.24, 2.45) is 16.8 Å². The second-order valence-electron chi connectivity index (χ2n) is 4.87. The van der Waals surface area contributed by atoms with E-state index in [-0.39, 0.29) is 0 Å². The van der Waals surface area contributed by atoms with E-state index in [4.69, 9.17) is 10.6 Å². The fourth-order valence-corrected chi connectivity index (χ4v) is 2.16. The van der Waals surface area contributed by atoms with Crippen molar-refractivity contribution in [2.75, 3.05) is 20.3 Å². The molecule has 1 rings (SSSR count). The van der Waals surface area contributed by atoms with Gasteiger partial charge in [-0.3, -0.25) is 10.4 Å². The van der Waals surface area contributed by atoms with E-state index in [1.165, 1.54) is 32.1 Å². The molecule has 1 atom stereocenters. The molecule has 1 fully saturated rings. The Morgan fingerprint density at radius 1 is 1.41 bits per heavy atom. The van der Waals surface area contributed by atoms with E-state index in [0.29, 0.717) is 17.9 Å². The second-order valence-corrected chi connectivity index (χ2v) is 4.87. The molecule has 5 nitrogen and oxygen atoms in total. The Labute approximate surface area is 104 Å². The summed E-state index contributed by atoms with van der Waals surface area (Å²) in [5.74, 6) is 6.60. The zero-order chi connectivity index (χ0) is 12.5. The third kappa shape index (κ3) is 5.89. The predicted molar refractivity (Wildman–Crippen MR) is 70.7 cm³/mol. The fraction of sp³-hybridized carbons (Fsp3) is 0.917. The van der Waals surface area contributed by atoms with Crippen LogP contribution in [0.2, 0.25) is 0 Å². The summed E-state index contributed by atoms with van der Waals surface area (Å²) in [7, 11) is 1.71. The van der Waals surface area contributed by atoms with Crippen molar-refractivity contribution in [2.45, 2.75) is 45.1 Å². The molecule has 0 aromatic rings. The Hall–Kier alpha value is -0.810. The number of hydrogen-bond acceptors (Lipinski definition) is 3. The number of hydrazine groups is 1. The number of ether oxygens (including phenoxy) is 1. The van der Waals surface area contributed by atoms with Crippen LogP contribution < -0.4 is 16.6 Å². The standard InChI is InChI=1S/C12H26N4O/c1-10(9-17-2)8-14-12(16-13)15-11-6-4-3-5-7-11/h10-11H,3-9,13H2,1-2H3,(H2,14,15,16). The molecule has 1 unspecified atom stereocenters. The molecule has 0 bridgehead atoms. The van der Waals surface area contributed by atoms with E-state index in [2.05, 4.69) is 22.7 Å². The topological polar surface area (TPSA) is 71.7 Å². The molecular formula is C12H26N4O. The third-order valence-corrected chi connectivity index (χ3v) is 3.09. The first-order valence-electron chi connectivity index (χ1n) is 6.52. The van der Waals surface area contributed by atoms with Crippen LogP contribution in [0.3, 0.4) is 0 Å². The van der Waals surface area contributed by atoms with Crippen LogP contribution in [0.5, 0.6) is 0 Å². The molecule has 4 N–H and O–H groups in total. The lowest BCUT2D eigenvalue weighted by molar-refractivity contribution is 0.163. The van der Waals surface area contributed by atoms with Crippen molar-refractivity contribution >= 4 is 5.96 Å². The Morgan fingerprint density at radius 3 is 2.71 bits per heavy atom. The molecule has 0 spiro atoms. The van der Waals surface area contributed by atoms with Gasteiger partial charge in [0.05, 0.1) is 6.61 Å². The molecule has 0 amide bonds. The maximum absolute atomic E-state index is 5.48. The van der Waals surface area contributed by atoms with Crippen LogP contribution in [0.15, 0.2) is 4.99 Å². The Kier molecular flexibility index (Phi) is 6.96. The third-order valence-electron chi connectivity index (χ3n) is 3.09. The second kappa shape index (κ2) is 8.31. The monoisotopic (exact) mass is 242 g/mol. The molecule has 100 valence electrons. The number of methoxy groups -OCH3 is 1. The number of aliphatic imine (C=N–C) groups is 1. The first-order chi connectivity index (χ1) is 8.26. The highest BCUT2D eigenvalue weighted by molar-refractivity contribution is 5.79. The van der Waals surface area contributed by atoms with Gasteiger partial charge in [0.25, 0.3) is 0 Å². The van der Waals surface area contributed by atoms with Gasteiger partial charge < -0.3 is 10.1 Å². The van der Waals surface area contributed by atoms with Gasteiger partial charge in [0, 0.05) is 19.7 Å². The summed E-state index contributed by atoms with van der Waals surface area (Å²) in [4.78, 5) is 4.44. The Balaban J connectivity index is 2.32. The smallest absolute Gasteiger partial charge is 0.205 e. The lowest BCUT2D eigenvalue weighted by atomic mass is 9.96. The van der Waals surface area contributed by atoms with E-state index >= 15 is 0 Å². The van der Waals surface area contributed by atoms with E-state index in [1.807, 2.05) is 0 Å². The number of rotatable bonds is 5. The lowest BCUT2D eigenvalue weighted by Gasteiger charge is -2.24. The van der Waals surface area contributed by atoms with Gasteiger partial charge in [-0.15, -0.1) is 0 Å². The Bertz CT molecular complexity index is 227. The normalized spacial score (nSPS) is 20.1. The first kappa shape index (κ1) is 14.3. The van der Waals surface area contributed by atoms with Gasteiger partial charge in [-0.1, -0.05) is 26.2 Å². The maximum atomic E-state index is 5.48. The van der Waals surface area contributed by atoms with Crippen LogP contribution >= 0.6 is 0 Å². The van der Waals surface area contributed by atoms with E-state index in [9.17, 15) is 0 Å². The summed E-state index contributed by atoms with van der Waals surface area (Å²) in [6.07, 6.45) is 6.39. The molecule has 1 aliphatic rings. The number of hydrogen-bond donors (Lipinski definition) is 3. The van der Waals surface area contributed by atoms with Crippen LogP contribution in [-0.4, -0.2) is 32.3 Å². The summed E-state index contributed by atoms with van der Waals surface area (Å²) in [6, 6.07) is 0.524. The molecule has 0 radical (unpaired) electrons. The molecule has 1 saturated carbocycles. The highest BCUT2D eigenvalue weighted by Crippen LogP contribution is 2.17. The summed E-state index contributed by atoms with van der Waals surface area (Å²) in [5, 5.41) is 3.38. The zero-order valence-electron chi connectivity index (χ0n) is 11.0. The maximum Gasteiger partial charge on any atom is 0.205 e. The van der Waals surface area contributed by atoms with E-state index in [0.717, 1.165) is 13.2 Å². The molecule has 5 heteroatoms. The number of nitrogens with one attached hydrogen (secondary N) is 2. The van der Waals surface area contributed by atoms with Gasteiger partial charge in [-0.05, 0) is 18.8 Å². The molecule has 0 aromatic carbocycles. The quantitative estimate of drug-likeness (QED) is 0.291. The predicted octanol–water partition coefficient (Wildman–Crippen LogP) is 1.01. The SMILES string of the molecule is COCC(C)CN=C(NN)NC1CCCCC1. The number of guanidine groups is 1. The van der Waals surface area contributed by atoms with Gasteiger partial charge in [0.1, 0.15) is 0 Å². The van der Waals surface area contributed by atoms with Crippen molar-refractivity contribution in [1.82, 2.24) is 10.7 Å². The molecule has 0 aliphatic heterocycles. The average molecular weight is 242 g/mol. The lowest BCUT2D eigenvalue weighted by Crippen LogP contribution is -2.47. The summed E-state index contributed by atoms with van der Waals surface area (Å²) >= 11 is 0. The number of nitrogens with two attached hydrogens (primary N) is 1. The van der Waals surface area contributed by atoms with E-state index < -0.39 is 0 Å². The molecule has 0 saturated heterocycles. The first-order valence-corrected chi connectivity index (χ1v) is 6.52. The van der Waals surface area contributed by atoms with Crippen LogP contribution in [0.4, 0.5) is 0 Å². The van der Waals surface area contributed by atoms with Gasteiger partial charge in [-0.2, -0.15) is 0 Å². The molecule has 1 aliphatic carbocycles. The van der Waals surface area contributed by atoms with Gasteiger partial charge in [0.2, 0.25) is 5.96 Å². The van der Waals surface area contributed by atoms with Crippen LogP contribution in [0.1, 0.15) is 39.0 Å². The minimum atomic E-state index is 0.413. The van der Waals surface area contributed by atoms with E-state index in [1.54, 1.807) is 7.11 Å². The fourth-order valence-electron chi connectivity index (χ4n) is 2.16. The van der Waals surface area contributed by atoms with Crippen molar-refractivity contribution in [3.8, 4) is 0 Å². The van der Waals surface area contributed by atoms with Crippen molar-refractivity contribution < 1.29 is 4.74 Å². The van der Waals surface area contributed by atoms with Crippen molar-refractivity contribution in [3.05, 3.63) is 0 Å². The number of nitrogens with zero attached hydrogens (tertiary/aromatic N) is 1. The molecule has 17 heavy (non-hydrogen) atoms. The van der Waals surface area contributed by atoms with Crippen molar-refractivity contribution in [3.63, 3.8) is 0 Å². The van der Waals surface area contributed by atoms with Gasteiger partial charge >= 0.3 is 0 Å². The summed E-state index contributed by atoms with van der Waals surface area (Å²) in [6.45, 7) is 3.57. The van der Waals surface area contributed by atoms with Crippen molar-refractivity contribution in [1.29, 1.82) is 0 Å². The molecule has 0 aromatic heterocycles. The van der Waals surface area contributed by atoms with Gasteiger partial charge in [-0.25, -0.2) is 5.84 Å². The largest absolute Gasteiger partial charge is 0.384 e. The minimum absolute atomic E-state index is 0.413. The average Bonchev–Trinajstić information content (AvgIpc) is 2.36. The van der Waals surface area contributed by atoms with Gasteiger partial charge in [0.15, 0.2) is 0 Å². The van der Waals surface area contributed by atoms with Crippen LogP contribution in [0, 0.1) is 5.92 Å². The highest BCUT2D eigenvalue weighted by Gasteiger charge is 2.14. The molecular weight excluding hydrogens is 216 g/mol. The minimum Gasteiger partial charge on any atom is -0.384 e. The summed E-state index contributed by atoms with van der Waals surface area (Å²) in [5.41, 5.74) is 2.64.